The summed E-state index contributed by atoms with van der Waals surface area (Å²) in [5.41, 5.74) is 1.76. The number of carbonyl (C=O) groups is 2. The Morgan fingerprint density at radius 2 is 2.00 bits per heavy atom. The van der Waals surface area contributed by atoms with E-state index in [-0.39, 0.29) is 6.04 Å². The van der Waals surface area contributed by atoms with Gasteiger partial charge in [0, 0.05) is 24.7 Å². The highest BCUT2D eigenvalue weighted by atomic mass is 16.5. The Kier molecular flexibility index (Phi) is 4.85. The quantitative estimate of drug-likeness (QED) is 0.860. The second kappa shape index (κ2) is 7.06. The molecule has 7 nitrogen and oxygen atoms in total. The molecule has 1 aromatic heterocycles. The predicted octanol–water partition coefficient (Wildman–Crippen LogP) is 1.75. The molecule has 0 aliphatic carbocycles. The maximum atomic E-state index is 12.4. The van der Waals surface area contributed by atoms with Crippen molar-refractivity contribution in [3.05, 3.63) is 36.0 Å². The molecule has 2 amide bonds. The van der Waals surface area contributed by atoms with E-state index >= 15 is 0 Å². The molecule has 1 fully saturated rings. The monoisotopic (exact) mass is 342 g/mol. The third-order valence-corrected chi connectivity index (χ3v) is 4.51. The summed E-state index contributed by atoms with van der Waals surface area (Å²) in [4.78, 5) is 28.5. The first-order valence-electron chi connectivity index (χ1n) is 8.25. The van der Waals surface area contributed by atoms with Gasteiger partial charge in [-0.3, -0.25) is 9.59 Å². The fourth-order valence-electron chi connectivity index (χ4n) is 2.96. The molecule has 1 N–H and O–H groups in total. The molecule has 0 spiro atoms. The number of anilines is 1. The SMILES string of the molecule is Cc1noc(-c2ccccc2)c1NC(=O)C(=O)N1CC[C@@H](N(C)C)C1. The molecule has 0 saturated carbocycles. The number of benzene rings is 1. The highest BCUT2D eigenvalue weighted by Crippen LogP contribution is 2.30. The Labute approximate surface area is 146 Å². The van der Waals surface area contributed by atoms with Gasteiger partial charge in [-0.1, -0.05) is 35.5 Å². The maximum Gasteiger partial charge on any atom is 0.314 e. The fraction of sp³-hybridized carbons (Fsp3) is 0.389. The van der Waals surface area contributed by atoms with Crippen LogP contribution in [0, 0.1) is 6.92 Å². The third-order valence-electron chi connectivity index (χ3n) is 4.51. The Hall–Kier alpha value is -2.67. The average molecular weight is 342 g/mol. The van der Waals surface area contributed by atoms with E-state index in [9.17, 15) is 9.59 Å². The number of aromatic nitrogens is 1. The van der Waals surface area contributed by atoms with Gasteiger partial charge in [0.1, 0.15) is 11.4 Å². The van der Waals surface area contributed by atoms with Gasteiger partial charge in [-0.2, -0.15) is 0 Å². The smallest absolute Gasteiger partial charge is 0.314 e. The van der Waals surface area contributed by atoms with Crippen molar-refractivity contribution in [1.29, 1.82) is 0 Å². The van der Waals surface area contributed by atoms with E-state index < -0.39 is 11.8 Å². The van der Waals surface area contributed by atoms with Gasteiger partial charge in [0.25, 0.3) is 0 Å². The summed E-state index contributed by atoms with van der Waals surface area (Å²) in [6.45, 7) is 2.88. The van der Waals surface area contributed by atoms with Crippen LogP contribution in [0.3, 0.4) is 0 Å². The van der Waals surface area contributed by atoms with Gasteiger partial charge >= 0.3 is 11.8 Å². The van der Waals surface area contributed by atoms with E-state index in [0.29, 0.717) is 30.2 Å². The van der Waals surface area contributed by atoms with Crippen LogP contribution in [0.1, 0.15) is 12.1 Å². The Morgan fingerprint density at radius 1 is 1.28 bits per heavy atom. The minimum absolute atomic E-state index is 0.286. The molecule has 1 aromatic carbocycles. The highest BCUT2D eigenvalue weighted by molar-refractivity contribution is 6.39. The van der Waals surface area contributed by atoms with Crippen LogP contribution < -0.4 is 5.32 Å². The van der Waals surface area contributed by atoms with Crippen molar-refractivity contribution in [2.75, 3.05) is 32.5 Å². The van der Waals surface area contributed by atoms with Gasteiger partial charge in [0.05, 0.1) is 0 Å². The van der Waals surface area contributed by atoms with Crippen molar-refractivity contribution in [2.24, 2.45) is 0 Å². The zero-order chi connectivity index (χ0) is 18.0. The van der Waals surface area contributed by atoms with Crippen LogP contribution in [-0.4, -0.2) is 60.0 Å². The lowest BCUT2D eigenvalue weighted by atomic mass is 10.1. The summed E-state index contributed by atoms with van der Waals surface area (Å²) in [6, 6.07) is 9.64. The maximum absolute atomic E-state index is 12.4. The van der Waals surface area contributed by atoms with Gasteiger partial charge in [-0.25, -0.2) is 0 Å². The topological polar surface area (TPSA) is 78.7 Å². The summed E-state index contributed by atoms with van der Waals surface area (Å²) in [5, 5.41) is 6.59. The lowest BCUT2D eigenvalue weighted by molar-refractivity contribution is -0.142. The molecule has 1 aliphatic rings. The fourth-order valence-corrected chi connectivity index (χ4v) is 2.96. The van der Waals surface area contributed by atoms with E-state index in [0.717, 1.165) is 12.0 Å². The first-order chi connectivity index (χ1) is 12.0. The van der Waals surface area contributed by atoms with Crippen LogP contribution in [0.15, 0.2) is 34.9 Å². The molecule has 1 atom stereocenters. The number of amides is 2. The van der Waals surface area contributed by atoms with Crippen molar-refractivity contribution >= 4 is 17.5 Å². The van der Waals surface area contributed by atoms with Crippen molar-refractivity contribution in [3.8, 4) is 11.3 Å². The molecule has 1 aliphatic heterocycles. The van der Waals surface area contributed by atoms with E-state index in [1.165, 1.54) is 0 Å². The number of nitrogens with zero attached hydrogens (tertiary/aromatic N) is 3. The standard InChI is InChI=1S/C18H22N4O3/c1-12-15(16(25-20-12)13-7-5-4-6-8-13)19-17(23)18(24)22-10-9-14(11-22)21(2)3/h4-8,14H,9-11H2,1-3H3,(H,19,23)/t14-/m1/s1. The summed E-state index contributed by atoms with van der Waals surface area (Å²) in [6.07, 6.45) is 0.869. The number of hydrogen-bond acceptors (Lipinski definition) is 5. The second-order valence-electron chi connectivity index (χ2n) is 6.45. The molecule has 132 valence electrons. The van der Waals surface area contributed by atoms with E-state index in [1.54, 1.807) is 11.8 Å². The first-order valence-corrected chi connectivity index (χ1v) is 8.25. The van der Waals surface area contributed by atoms with Crippen LogP contribution >= 0.6 is 0 Å². The second-order valence-corrected chi connectivity index (χ2v) is 6.45. The van der Waals surface area contributed by atoms with Gasteiger partial charge < -0.3 is 19.6 Å². The molecular weight excluding hydrogens is 320 g/mol. The number of carbonyl (C=O) groups excluding carboxylic acids is 2. The van der Waals surface area contributed by atoms with Crippen molar-refractivity contribution in [3.63, 3.8) is 0 Å². The number of likely N-dealkylation sites (N-methyl/N-ethyl adjacent to an activating group) is 1. The highest BCUT2D eigenvalue weighted by Gasteiger charge is 2.32. The minimum atomic E-state index is -0.664. The van der Waals surface area contributed by atoms with E-state index in [4.69, 9.17) is 4.52 Å². The molecule has 0 bridgehead atoms. The molecular formula is C18H22N4O3. The first kappa shape index (κ1) is 17.2. The molecule has 2 heterocycles. The molecule has 2 aromatic rings. The van der Waals surface area contributed by atoms with Gasteiger partial charge in [0.15, 0.2) is 5.76 Å². The van der Waals surface area contributed by atoms with Crippen LogP contribution in [0.5, 0.6) is 0 Å². The summed E-state index contributed by atoms with van der Waals surface area (Å²) >= 11 is 0. The van der Waals surface area contributed by atoms with E-state index in [1.807, 2.05) is 44.4 Å². The molecule has 0 radical (unpaired) electrons. The Bertz CT molecular complexity index is 770. The average Bonchev–Trinajstić information content (AvgIpc) is 3.23. The Balaban J connectivity index is 1.74. The van der Waals surface area contributed by atoms with Crippen molar-refractivity contribution in [2.45, 2.75) is 19.4 Å². The lowest BCUT2D eigenvalue weighted by Gasteiger charge is -2.20. The summed E-state index contributed by atoms with van der Waals surface area (Å²) in [5.74, 6) is -0.737. The lowest BCUT2D eigenvalue weighted by Crippen LogP contribution is -2.40. The van der Waals surface area contributed by atoms with Crippen LogP contribution in [0.25, 0.3) is 11.3 Å². The van der Waals surface area contributed by atoms with E-state index in [2.05, 4.69) is 15.4 Å². The predicted molar refractivity (Wildman–Crippen MR) is 94.0 cm³/mol. The molecule has 0 unspecified atom stereocenters. The zero-order valence-corrected chi connectivity index (χ0v) is 14.7. The number of rotatable bonds is 3. The molecule has 1 saturated heterocycles. The minimum Gasteiger partial charge on any atom is -0.354 e. The van der Waals surface area contributed by atoms with Crippen LogP contribution in [0.2, 0.25) is 0 Å². The third kappa shape index (κ3) is 3.56. The van der Waals surface area contributed by atoms with Crippen LogP contribution in [-0.2, 0) is 9.59 Å². The molecule has 25 heavy (non-hydrogen) atoms. The van der Waals surface area contributed by atoms with Gasteiger partial charge in [0.2, 0.25) is 0 Å². The molecule has 7 heteroatoms. The van der Waals surface area contributed by atoms with Gasteiger partial charge in [-0.15, -0.1) is 0 Å². The number of aryl methyl sites for hydroxylation is 1. The normalized spacial score (nSPS) is 17.1. The number of likely N-dealkylation sites (tertiary alicyclic amines) is 1. The van der Waals surface area contributed by atoms with Gasteiger partial charge in [-0.05, 0) is 27.4 Å². The van der Waals surface area contributed by atoms with Crippen molar-refractivity contribution < 1.29 is 14.1 Å². The number of nitrogens with one attached hydrogen (secondary N) is 1. The summed E-state index contributed by atoms with van der Waals surface area (Å²) < 4.78 is 5.34. The summed E-state index contributed by atoms with van der Waals surface area (Å²) in [7, 11) is 3.96. The number of hydrogen-bond donors (Lipinski definition) is 1. The Morgan fingerprint density at radius 3 is 2.64 bits per heavy atom. The molecule has 3 rings (SSSR count). The van der Waals surface area contributed by atoms with Crippen LogP contribution in [0.4, 0.5) is 5.69 Å². The largest absolute Gasteiger partial charge is 0.354 e. The van der Waals surface area contributed by atoms with Crippen molar-refractivity contribution in [1.82, 2.24) is 15.0 Å². The zero-order valence-electron chi connectivity index (χ0n) is 14.7.